The van der Waals surface area contributed by atoms with Crippen LogP contribution in [0.25, 0.3) is 11.4 Å². The molecule has 5 nitrogen and oxygen atoms in total. The molecule has 0 aliphatic carbocycles. The fourth-order valence-corrected chi connectivity index (χ4v) is 1.96. The van der Waals surface area contributed by atoms with Crippen LogP contribution in [0.15, 0.2) is 16.7 Å². The van der Waals surface area contributed by atoms with Crippen LogP contribution in [0.3, 0.4) is 0 Å². The third-order valence-corrected chi connectivity index (χ3v) is 2.71. The van der Waals surface area contributed by atoms with E-state index in [0.29, 0.717) is 11.7 Å². The van der Waals surface area contributed by atoms with Crippen LogP contribution in [0, 0.1) is 13.8 Å². The maximum Gasteiger partial charge on any atom is 0.240 e. The van der Waals surface area contributed by atoms with Crippen molar-refractivity contribution < 1.29 is 9.26 Å². The van der Waals surface area contributed by atoms with Crippen molar-refractivity contribution in [3.63, 3.8) is 0 Å². The maximum absolute atomic E-state index is 5.81. The van der Waals surface area contributed by atoms with E-state index in [-0.39, 0.29) is 12.6 Å². The molecule has 0 unspecified atom stereocenters. The molecule has 19 heavy (non-hydrogen) atoms. The number of hydrogen-bond donors (Lipinski definition) is 1. The average molecular weight is 261 g/mol. The topological polar surface area (TPSA) is 74.2 Å². The highest BCUT2D eigenvalue weighted by molar-refractivity contribution is 5.60. The molecular weight excluding hydrogens is 242 g/mol. The molecular formula is C14H19N3O2. The van der Waals surface area contributed by atoms with Crippen molar-refractivity contribution in [2.24, 2.45) is 5.73 Å². The molecule has 0 saturated heterocycles. The van der Waals surface area contributed by atoms with Crippen LogP contribution in [0.4, 0.5) is 0 Å². The fourth-order valence-electron chi connectivity index (χ4n) is 1.96. The molecule has 2 aromatic rings. The molecule has 0 bridgehead atoms. The van der Waals surface area contributed by atoms with Gasteiger partial charge in [0.15, 0.2) is 0 Å². The third kappa shape index (κ3) is 2.93. The van der Waals surface area contributed by atoms with Crippen LogP contribution >= 0.6 is 0 Å². The molecule has 0 radical (unpaired) electrons. The van der Waals surface area contributed by atoms with Gasteiger partial charge < -0.3 is 15.0 Å². The van der Waals surface area contributed by atoms with Crippen LogP contribution < -0.4 is 10.5 Å². The minimum absolute atomic E-state index is 0.150. The molecule has 102 valence electrons. The summed E-state index contributed by atoms with van der Waals surface area (Å²) in [5.74, 6) is 1.91. The van der Waals surface area contributed by atoms with Gasteiger partial charge in [-0.1, -0.05) is 5.16 Å². The number of aromatic nitrogens is 2. The molecule has 2 N–H and O–H groups in total. The van der Waals surface area contributed by atoms with E-state index in [9.17, 15) is 0 Å². The van der Waals surface area contributed by atoms with E-state index < -0.39 is 0 Å². The van der Waals surface area contributed by atoms with Crippen molar-refractivity contribution in [3.8, 4) is 17.1 Å². The zero-order valence-electron chi connectivity index (χ0n) is 11.7. The van der Waals surface area contributed by atoms with Gasteiger partial charge >= 0.3 is 0 Å². The van der Waals surface area contributed by atoms with Gasteiger partial charge in [-0.15, -0.1) is 0 Å². The Morgan fingerprint density at radius 2 is 1.89 bits per heavy atom. The van der Waals surface area contributed by atoms with E-state index in [1.165, 1.54) is 0 Å². The summed E-state index contributed by atoms with van der Waals surface area (Å²) in [5, 5.41) is 3.92. The van der Waals surface area contributed by atoms with Gasteiger partial charge in [0.2, 0.25) is 11.7 Å². The largest absolute Gasteiger partial charge is 0.490 e. The van der Waals surface area contributed by atoms with E-state index >= 15 is 0 Å². The molecule has 0 aliphatic rings. The van der Waals surface area contributed by atoms with Crippen molar-refractivity contribution in [2.45, 2.75) is 40.3 Å². The molecule has 0 atom stereocenters. The second kappa shape index (κ2) is 5.40. The van der Waals surface area contributed by atoms with E-state index in [1.807, 2.05) is 39.8 Å². The highest BCUT2D eigenvalue weighted by Gasteiger charge is 2.13. The molecule has 1 aromatic carbocycles. The Kier molecular flexibility index (Phi) is 3.85. The summed E-state index contributed by atoms with van der Waals surface area (Å²) in [5.41, 5.74) is 8.49. The Balaban J connectivity index is 2.38. The lowest BCUT2D eigenvalue weighted by molar-refractivity contribution is 0.239. The first-order valence-electron chi connectivity index (χ1n) is 6.32. The van der Waals surface area contributed by atoms with E-state index in [1.54, 1.807) is 0 Å². The predicted octanol–water partition coefficient (Wildman–Crippen LogP) is 2.60. The highest BCUT2D eigenvalue weighted by Crippen LogP contribution is 2.29. The SMILES string of the molecule is Cc1cc(-c2noc(CN)n2)cc(C)c1OC(C)C. The van der Waals surface area contributed by atoms with Crippen molar-refractivity contribution in [1.82, 2.24) is 10.1 Å². The first kappa shape index (κ1) is 13.5. The molecule has 5 heteroatoms. The zero-order chi connectivity index (χ0) is 14.0. The summed E-state index contributed by atoms with van der Waals surface area (Å²) < 4.78 is 10.8. The molecule has 0 fully saturated rings. The number of aryl methyl sites for hydroxylation is 2. The predicted molar refractivity (Wildman–Crippen MR) is 72.9 cm³/mol. The summed E-state index contributed by atoms with van der Waals surface area (Å²) in [4.78, 5) is 4.23. The number of benzene rings is 1. The van der Waals surface area contributed by atoms with Crippen LogP contribution in [-0.2, 0) is 6.54 Å². The minimum Gasteiger partial charge on any atom is -0.490 e. The summed E-state index contributed by atoms with van der Waals surface area (Å²) in [6.07, 6.45) is 0.150. The number of ether oxygens (including phenoxy) is 1. The van der Waals surface area contributed by atoms with E-state index in [0.717, 1.165) is 22.4 Å². The van der Waals surface area contributed by atoms with Gasteiger partial charge in [-0.3, -0.25) is 0 Å². The van der Waals surface area contributed by atoms with Crippen molar-refractivity contribution in [1.29, 1.82) is 0 Å². The van der Waals surface area contributed by atoms with Gasteiger partial charge in [0.05, 0.1) is 12.6 Å². The smallest absolute Gasteiger partial charge is 0.240 e. The Morgan fingerprint density at radius 3 is 2.37 bits per heavy atom. The van der Waals surface area contributed by atoms with Crippen LogP contribution in [0.5, 0.6) is 5.75 Å². The number of rotatable bonds is 4. The molecule has 0 spiro atoms. The number of nitrogens with two attached hydrogens (primary N) is 1. The lowest BCUT2D eigenvalue weighted by atomic mass is 10.1. The van der Waals surface area contributed by atoms with Gasteiger partial charge in [0, 0.05) is 5.56 Å². The first-order chi connectivity index (χ1) is 9.01. The van der Waals surface area contributed by atoms with E-state index in [4.69, 9.17) is 15.0 Å². The Hall–Kier alpha value is -1.88. The molecule has 0 amide bonds. The normalized spacial score (nSPS) is 11.1. The molecule has 1 heterocycles. The summed E-state index contributed by atoms with van der Waals surface area (Å²) >= 11 is 0. The van der Waals surface area contributed by atoms with Crippen molar-refractivity contribution in [2.75, 3.05) is 0 Å². The second-order valence-electron chi connectivity index (χ2n) is 4.82. The molecule has 1 aromatic heterocycles. The fraction of sp³-hybridized carbons (Fsp3) is 0.429. The highest BCUT2D eigenvalue weighted by atomic mass is 16.5. The standard InChI is InChI=1S/C14H19N3O2/c1-8(2)18-13-9(3)5-11(6-10(13)4)14-16-12(7-15)19-17-14/h5-6,8H,7,15H2,1-4H3. The lowest BCUT2D eigenvalue weighted by Crippen LogP contribution is -2.08. The van der Waals surface area contributed by atoms with Gasteiger partial charge in [0.25, 0.3) is 0 Å². The van der Waals surface area contributed by atoms with Crippen LogP contribution in [0.1, 0.15) is 30.9 Å². The quantitative estimate of drug-likeness (QED) is 0.915. The lowest BCUT2D eigenvalue weighted by Gasteiger charge is -2.15. The maximum atomic E-state index is 5.81. The molecule has 2 rings (SSSR count). The van der Waals surface area contributed by atoms with E-state index in [2.05, 4.69) is 10.1 Å². The van der Waals surface area contributed by atoms with Crippen molar-refractivity contribution >= 4 is 0 Å². The summed E-state index contributed by atoms with van der Waals surface area (Å²) in [7, 11) is 0. The zero-order valence-corrected chi connectivity index (χ0v) is 11.7. The van der Waals surface area contributed by atoms with Crippen LogP contribution in [-0.4, -0.2) is 16.2 Å². The monoisotopic (exact) mass is 261 g/mol. The Bertz CT molecular complexity index is 553. The summed E-state index contributed by atoms with van der Waals surface area (Å²) in [6, 6.07) is 3.99. The second-order valence-corrected chi connectivity index (χ2v) is 4.82. The number of nitrogens with zero attached hydrogens (tertiary/aromatic N) is 2. The molecule has 0 saturated carbocycles. The third-order valence-electron chi connectivity index (χ3n) is 2.71. The first-order valence-corrected chi connectivity index (χ1v) is 6.32. The Labute approximate surface area is 112 Å². The van der Waals surface area contributed by atoms with Crippen molar-refractivity contribution in [3.05, 3.63) is 29.2 Å². The minimum atomic E-state index is 0.150. The van der Waals surface area contributed by atoms with Crippen LogP contribution in [0.2, 0.25) is 0 Å². The van der Waals surface area contributed by atoms with Gasteiger partial charge in [-0.25, -0.2) is 0 Å². The number of hydrogen-bond acceptors (Lipinski definition) is 5. The Morgan fingerprint density at radius 1 is 1.26 bits per heavy atom. The van der Waals surface area contributed by atoms with Gasteiger partial charge in [0.1, 0.15) is 5.75 Å². The summed E-state index contributed by atoms with van der Waals surface area (Å²) in [6.45, 7) is 8.30. The van der Waals surface area contributed by atoms with Gasteiger partial charge in [-0.05, 0) is 51.0 Å². The molecule has 0 aliphatic heterocycles. The average Bonchev–Trinajstić information content (AvgIpc) is 2.82. The van der Waals surface area contributed by atoms with Gasteiger partial charge in [-0.2, -0.15) is 4.98 Å².